The summed E-state index contributed by atoms with van der Waals surface area (Å²) in [6.45, 7) is 2.02. The van der Waals surface area contributed by atoms with E-state index in [1.807, 2.05) is 47.9 Å². The average Bonchev–Trinajstić information content (AvgIpc) is 3.01. The minimum atomic E-state index is -0.462. The Kier molecular flexibility index (Phi) is 4.00. The van der Waals surface area contributed by atoms with Crippen LogP contribution in [0.1, 0.15) is 5.56 Å². The molecule has 0 bridgehead atoms. The summed E-state index contributed by atoms with van der Waals surface area (Å²) >= 11 is 3.46. The van der Waals surface area contributed by atoms with Gasteiger partial charge in [-0.05, 0) is 69.2 Å². The Morgan fingerprint density at radius 3 is 2.62 bits per heavy atom. The third-order valence-electron chi connectivity index (χ3n) is 4.15. The number of aryl methyl sites for hydroxylation is 1. The van der Waals surface area contributed by atoms with Gasteiger partial charge in [-0.3, -0.25) is 4.98 Å². The van der Waals surface area contributed by atoms with E-state index in [4.69, 9.17) is 0 Å². The maximum Gasteiger partial charge on any atom is 0.372 e. The first kappa shape index (κ1) is 16.4. The summed E-state index contributed by atoms with van der Waals surface area (Å²) in [5, 5.41) is 11.5. The summed E-state index contributed by atoms with van der Waals surface area (Å²) < 4.78 is 2.81. The number of rotatable bonds is 3. The molecule has 0 saturated carbocycles. The van der Waals surface area contributed by atoms with Crippen LogP contribution < -0.4 is 0 Å². The van der Waals surface area contributed by atoms with Crippen LogP contribution in [0, 0.1) is 17.0 Å². The predicted octanol–water partition coefficient (Wildman–Crippen LogP) is 5.07. The number of benzene rings is 1. The molecule has 0 aliphatic rings. The predicted molar refractivity (Wildman–Crippen MR) is 103 cm³/mol. The van der Waals surface area contributed by atoms with Crippen molar-refractivity contribution in [1.82, 2.24) is 14.5 Å². The van der Waals surface area contributed by atoms with Crippen LogP contribution in [0.2, 0.25) is 0 Å². The van der Waals surface area contributed by atoms with E-state index in [9.17, 15) is 10.1 Å². The van der Waals surface area contributed by atoms with E-state index in [2.05, 4.69) is 25.9 Å². The maximum absolute atomic E-state index is 11.5. The number of nitro groups is 1. The van der Waals surface area contributed by atoms with Crippen molar-refractivity contribution < 1.29 is 4.92 Å². The Balaban J connectivity index is 2.09. The van der Waals surface area contributed by atoms with Gasteiger partial charge in [0.2, 0.25) is 0 Å². The third kappa shape index (κ3) is 2.76. The van der Waals surface area contributed by atoms with Crippen LogP contribution in [0.15, 0.2) is 65.4 Å². The summed E-state index contributed by atoms with van der Waals surface area (Å²) in [4.78, 5) is 19.4. The Labute approximate surface area is 157 Å². The molecular formula is C19H13BrN4O2. The van der Waals surface area contributed by atoms with Gasteiger partial charge in [0.05, 0.1) is 22.3 Å². The molecule has 128 valence electrons. The minimum Gasteiger partial charge on any atom is -0.358 e. The van der Waals surface area contributed by atoms with Crippen LogP contribution in [-0.4, -0.2) is 19.5 Å². The topological polar surface area (TPSA) is 73.8 Å². The highest BCUT2D eigenvalue weighted by Crippen LogP contribution is 2.35. The van der Waals surface area contributed by atoms with Crippen LogP contribution in [0.25, 0.3) is 28.0 Å². The van der Waals surface area contributed by atoms with Crippen molar-refractivity contribution in [2.45, 2.75) is 6.92 Å². The molecule has 6 nitrogen and oxygen atoms in total. The molecule has 0 N–H and O–H groups in total. The molecule has 4 rings (SSSR count). The van der Waals surface area contributed by atoms with Gasteiger partial charge < -0.3 is 14.7 Å². The molecule has 3 aromatic heterocycles. The number of halogens is 1. The van der Waals surface area contributed by atoms with Gasteiger partial charge in [-0.15, -0.1) is 0 Å². The molecule has 4 aromatic rings. The molecule has 0 amide bonds. The molecule has 26 heavy (non-hydrogen) atoms. The average molecular weight is 409 g/mol. The zero-order valence-corrected chi connectivity index (χ0v) is 15.3. The molecule has 7 heteroatoms. The number of pyridine rings is 2. The monoisotopic (exact) mass is 408 g/mol. The Morgan fingerprint density at radius 1 is 1.12 bits per heavy atom. The molecule has 0 fully saturated rings. The summed E-state index contributed by atoms with van der Waals surface area (Å²) in [6, 6.07) is 15.2. The Bertz CT molecular complexity index is 1140. The molecule has 0 radical (unpaired) electrons. The summed E-state index contributed by atoms with van der Waals surface area (Å²) in [5.74, 6) is -0.178. The van der Waals surface area contributed by atoms with Crippen molar-refractivity contribution >= 4 is 32.8 Å². The van der Waals surface area contributed by atoms with Crippen LogP contribution >= 0.6 is 15.9 Å². The van der Waals surface area contributed by atoms with E-state index in [1.165, 1.54) is 6.20 Å². The van der Waals surface area contributed by atoms with E-state index in [-0.39, 0.29) is 5.82 Å². The number of fused-ring (bicyclic) bond motifs is 1. The second-order valence-corrected chi connectivity index (χ2v) is 6.81. The van der Waals surface area contributed by atoms with Crippen LogP contribution in [-0.2, 0) is 0 Å². The summed E-state index contributed by atoms with van der Waals surface area (Å²) in [5.41, 5.74) is 4.77. The Hall–Kier alpha value is -3.06. The molecular weight excluding hydrogens is 396 g/mol. The van der Waals surface area contributed by atoms with E-state index in [0.717, 1.165) is 26.8 Å². The van der Waals surface area contributed by atoms with Gasteiger partial charge in [-0.1, -0.05) is 17.7 Å². The zero-order valence-electron chi connectivity index (χ0n) is 13.8. The van der Waals surface area contributed by atoms with E-state index < -0.39 is 4.92 Å². The lowest BCUT2D eigenvalue weighted by Crippen LogP contribution is -2.00. The number of hydrogen-bond acceptors (Lipinski definition) is 4. The third-order valence-corrected chi connectivity index (χ3v) is 4.58. The van der Waals surface area contributed by atoms with Crippen LogP contribution in [0.5, 0.6) is 0 Å². The van der Waals surface area contributed by atoms with Crippen LogP contribution in [0.4, 0.5) is 5.82 Å². The standard InChI is InChI=1S/C19H13BrN4O2/c1-12-4-6-14(7-5-12)23-17(10-16-18(23)9-13(20)11-22-16)15-3-2-8-21-19(15)24(25)26/h2-11H,1H3. The van der Waals surface area contributed by atoms with Gasteiger partial charge in [0.25, 0.3) is 0 Å². The quantitative estimate of drug-likeness (QED) is 0.350. The first-order valence-electron chi connectivity index (χ1n) is 7.88. The van der Waals surface area contributed by atoms with Gasteiger partial charge in [0.1, 0.15) is 6.20 Å². The largest absolute Gasteiger partial charge is 0.372 e. The SMILES string of the molecule is Cc1ccc(-n2c(-c3cccnc3[N+](=O)[O-])cc3ncc(Br)cc32)cc1. The smallest absolute Gasteiger partial charge is 0.358 e. The van der Waals surface area contributed by atoms with Gasteiger partial charge in [0.15, 0.2) is 0 Å². The maximum atomic E-state index is 11.5. The van der Waals surface area contributed by atoms with Crippen LogP contribution in [0.3, 0.4) is 0 Å². The van der Waals surface area contributed by atoms with E-state index in [0.29, 0.717) is 11.3 Å². The lowest BCUT2D eigenvalue weighted by atomic mass is 10.1. The molecule has 0 aliphatic heterocycles. The van der Waals surface area contributed by atoms with Crippen molar-refractivity contribution in [1.29, 1.82) is 0 Å². The van der Waals surface area contributed by atoms with Crippen molar-refractivity contribution in [2.75, 3.05) is 0 Å². The van der Waals surface area contributed by atoms with Crippen molar-refractivity contribution in [3.8, 4) is 16.9 Å². The summed E-state index contributed by atoms with van der Waals surface area (Å²) in [6.07, 6.45) is 3.14. The van der Waals surface area contributed by atoms with Gasteiger partial charge in [-0.2, -0.15) is 0 Å². The molecule has 0 unspecified atom stereocenters. The van der Waals surface area contributed by atoms with E-state index >= 15 is 0 Å². The minimum absolute atomic E-state index is 0.178. The second-order valence-electron chi connectivity index (χ2n) is 5.89. The van der Waals surface area contributed by atoms with Gasteiger partial charge in [-0.25, -0.2) is 0 Å². The number of hydrogen-bond donors (Lipinski definition) is 0. The molecule has 0 saturated heterocycles. The fraction of sp³-hybridized carbons (Fsp3) is 0.0526. The highest BCUT2D eigenvalue weighted by molar-refractivity contribution is 9.10. The molecule has 3 heterocycles. The molecule has 0 aliphatic carbocycles. The fourth-order valence-corrected chi connectivity index (χ4v) is 3.29. The summed E-state index contributed by atoms with van der Waals surface area (Å²) in [7, 11) is 0. The molecule has 1 aromatic carbocycles. The highest BCUT2D eigenvalue weighted by Gasteiger charge is 2.22. The highest BCUT2D eigenvalue weighted by atomic mass is 79.9. The van der Waals surface area contributed by atoms with Gasteiger partial charge in [0, 0.05) is 16.4 Å². The van der Waals surface area contributed by atoms with Gasteiger partial charge >= 0.3 is 5.82 Å². The molecule has 0 spiro atoms. The van der Waals surface area contributed by atoms with Crippen molar-refractivity contribution in [3.63, 3.8) is 0 Å². The lowest BCUT2D eigenvalue weighted by molar-refractivity contribution is -0.388. The lowest BCUT2D eigenvalue weighted by Gasteiger charge is -2.11. The number of aromatic nitrogens is 3. The first-order chi connectivity index (χ1) is 12.5. The van der Waals surface area contributed by atoms with E-state index in [1.54, 1.807) is 18.3 Å². The molecule has 0 atom stereocenters. The first-order valence-corrected chi connectivity index (χ1v) is 8.68. The second kappa shape index (κ2) is 6.34. The Morgan fingerprint density at radius 2 is 1.88 bits per heavy atom. The van der Waals surface area contributed by atoms with Crippen molar-refractivity contribution in [2.24, 2.45) is 0 Å². The number of nitrogens with zero attached hydrogens (tertiary/aromatic N) is 4. The fourth-order valence-electron chi connectivity index (χ4n) is 2.97. The van der Waals surface area contributed by atoms with Crippen molar-refractivity contribution in [3.05, 3.63) is 81.1 Å². The normalized spacial score (nSPS) is 11.0. The zero-order chi connectivity index (χ0) is 18.3.